The van der Waals surface area contributed by atoms with Crippen molar-refractivity contribution in [3.8, 4) is 11.1 Å². The van der Waals surface area contributed by atoms with Crippen LogP contribution in [0.4, 0.5) is 5.69 Å². The number of fused-ring (bicyclic) bond motifs is 1. The third-order valence-electron chi connectivity index (χ3n) is 3.76. The minimum atomic E-state index is 0.638. The molecule has 0 bridgehead atoms. The average Bonchev–Trinajstić information content (AvgIpc) is 3.02. The number of hydrogen-bond acceptors (Lipinski definition) is 4. The Morgan fingerprint density at radius 1 is 1.00 bits per heavy atom. The summed E-state index contributed by atoms with van der Waals surface area (Å²) in [5.41, 5.74) is 5.13. The lowest BCUT2D eigenvalue weighted by atomic mass is 10.1. The van der Waals surface area contributed by atoms with Gasteiger partial charge in [0.1, 0.15) is 10.9 Å². The summed E-state index contributed by atoms with van der Waals surface area (Å²) in [6.45, 7) is 0.638. The lowest BCUT2D eigenvalue weighted by Gasteiger charge is -2.11. The van der Waals surface area contributed by atoms with Gasteiger partial charge >= 0.3 is 0 Å². The molecule has 0 amide bonds. The predicted octanol–water partition coefficient (Wildman–Crippen LogP) is 4.17. The number of nitrogens with one attached hydrogen (secondary N) is 1. The van der Waals surface area contributed by atoms with Crippen LogP contribution in [-0.2, 0) is 6.54 Å². The predicted molar refractivity (Wildman–Crippen MR) is 97.7 cm³/mol. The van der Waals surface area contributed by atoms with Gasteiger partial charge < -0.3 is 5.32 Å². The van der Waals surface area contributed by atoms with Gasteiger partial charge in [-0.25, -0.2) is 15.0 Å². The molecule has 0 saturated carbocycles. The number of rotatable bonds is 4. The van der Waals surface area contributed by atoms with E-state index in [0.717, 1.165) is 32.6 Å². The maximum Gasteiger partial charge on any atom is 0.161 e. The summed E-state index contributed by atoms with van der Waals surface area (Å²) in [4.78, 5) is 12.6. The Hall–Kier alpha value is -2.73. The minimum absolute atomic E-state index is 0.638. The molecule has 1 aromatic carbocycles. The molecule has 0 unspecified atom stereocenters. The van der Waals surface area contributed by atoms with Gasteiger partial charge in [0.15, 0.2) is 5.65 Å². The fourth-order valence-corrected chi connectivity index (χ4v) is 2.97. The first-order chi connectivity index (χ1) is 11.8. The molecule has 0 spiro atoms. The number of hydrogen-bond donors (Lipinski definition) is 1. The average molecular weight is 380 g/mol. The summed E-state index contributed by atoms with van der Waals surface area (Å²) in [6, 6.07) is 12.4. The Morgan fingerprint density at radius 3 is 2.58 bits per heavy atom. The molecule has 0 atom stereocenters. The van der Waals surface area contributed by atoms with Crippen LogP contribution in [0.25, 0.3) is 16.8 Å². The summed E-state index contributed by atoms with van der Waals surface area (Å²) in [5, 5.41) is 3.44. The number of halogens is 1. The zero-order valence-electron chi connectivity index (χ0n) is 12.7. The van der Waals surface area contributed by atoms with E-state index in [1.54, 1.807) is 18.6 Å². The standard InChI is InChI=1S/C18H14BrN5/c19-17-10-23-18-16(22-9-13-7-20-12-21-8-13)6-15(11-24(17)18)14-4-2-1-3-5-14/h1-8,10-12,22H,9H2. The van der Waals surface area contributed by atoms with Crippen molar-refractivity contribution in [2.24, 2.45) is 0 Å². The quantitative estimate of drug-likeness (QED) is 0.578. The molecule has 118 valence electrons. The summed E-state index contributed by atoms with van der Waals surface area (Å²) >= 11 is 3.56. The van der Waals surface area contributed by atoms with Crippen molar-refractivity contribution in [1.82, 2.24) is 19.4 Å². The molecule has 0 aliphatic heterocycles. The van der Waals surface area contributed by atoms with Crippen molar-refractivity contribution in [1.29, 1.82) is 0 Å². The third-order valence-corrected chi connectivity index (χ3v) is 4.35. The molecular formula is C18H14BrN5. The second-order valence-corrected chi connectivity index (χ2v) is 6.20. The molecule has 3 aromatic heterocycles. The molecule has 0 saturated heterocycles. The van der Waals surface area contributed by atoms with Crippen LogP contribution in [0.1, 0.15) is 5.56 Å². The monoisotopic (exact) mass is 379 g/mol. The summed E-state index contributed by atoms with van der Waals surface area (Å²) < 4.78 is 2.95. The van der Waals surface area contributed by atoms with Gasteiger partial charge in [0.25, 0.3) is 0 Å². The van der Waals surface area contributed by atoms with Crippen LogP contribution in [0, 0.1) is 0 Å². The zero-order valence-corrected chi connectivity index (χ0v) is 14.3. The first kappa shape index (κ1) is 14.8. The normalized spacial score (nSPS) is 10.9. The lowest BCUT2D eigenvalue weighted by molar-refractivity contribution is 1.05. The fraction of sp³-hybridized carbons (Fsp3) is 0.0556. The van der Waals surface area contributed by atoms with Crippen molar-refractivity contribution in [3.05, 3.63) is 77.7 Å². The smallest absolute Gasteiger partial charge is 0.161 e. The molecule has 24 heavy (non-hydrogen) atoms. The summed E-state index contributed by atoms with van der Waals surface area (Å²) in [6.07, 6.45) is 9.03. The molecule has 6 heteroatoms. The highest BCUT2D eigenvalue weighted by molar-refractivity contribution is 9.10. The van der Waals surface area contributed by atoms with E-state index in [1.165, 1.54) is 6.33 Å². The third kappa shape index (κ3) is 2.88. The van der Waals surface area contributed by atoms with E-state index in [-0.39, 0.29) is 0 Å². The van der Waals surface area contributed by atoms with Gasteiger partial charge in [-0.2, -0.15) is 0 Å². The molecule has 0 aliphatic rings. The highest BCUT2D eigenvalue weighted by Gasteiger charge is 2.10. The molecule has 4 aromatic rings. The Balaban J connectivity index is 1.76. The van der Waals surface area contributed by atoms with E-state index in [4.69, 9.17) is 0 Å². The number of nitrogens with zero attached hydrogens (tertiary/aromatic N) is 4. The maximum absolute atomic E-state index is 4.49. The molecule has 0 radical (unpaired) electrons. The van der Waals surface area contributed by atoms with Crippen LogP contribution >= 0.6 is 15.9 Å². The van der Waals surface area contributed by atoms with Crippen molar-refractivity contribution in [2.75, 3.05) is 5.32 Å². The van der Waals surface area contributed by atoms with Gasteiger partial charge in [0.2, 0.25) is 0 Å². The van der Waals surface area contributed by atoms with Crippen LogP contribution in [0.15, 0.2) is 72.1 Å². The number of anilines is 1. The van der Waals surface area contributed by atoms with E-state index < -0.39 is 0 Å². The van der Waals surface area contributed by atoms with E-state index in [2.05, 4.69) is 60.6 Å². The highest BCUT2D eigenvalue weighted by Crippen LogP contribution is 2.28. The van der Waals surface area contributed by atoms with Crippen LogP contribution in [0.5, 0.6) is 0 Å². The molecule has 3 heterocycles. The molecule has 4 rings (SSSR count). The zero-order chi connectivity index (χ0) is 16.4. The highest BCUT2D eigenvalue weighted by atomic mass is 79.9. The van der Waals surface area contributed by atoms with E-state index in [1.807, 2.05) is 22.6 Å². The SMILES string of the molecule is Brc1cnc2c(NCc3cncnc3)cc(-c3ccccc3)cn12. The van der Waals surface area contributed by atoms with Gasteiger partial charge in [-0.05, 0) is 27.6 Å². The van der Waals surface area contributed by atoms with Crippen LogP contribution in [0.2, 0.25) is 0 Å². The Bertz CT molecular complexity index is 967. The van der Waals surface area contributed by atoms with E-state index in [0.29, 0.717) is 6.54 Å². The van der Waals surface area contributed by atoms with Gasteiger partial charge in [-0.1, -0.05) is 30.3 Å². The van der Waals surface area contributed by atoms with Gasteiger partial charge in [-0.3, -0.25) is 4.40 Å². The molecule has 5 nitrogen and oxygen atoms in total. The topological polar surface area (TPSA) is 55.1 Å². The van der Waals surface area contributed by atoms with Crippen molar-refractivity contribution in [2.45, 2.75) is 6.54 Å². The fourth-order valence-electron chi connectivity index (χ4n) is 2.60. The van der Waals surface area contributed by atoms with Crippen LogP contribution < -0.4 is 5.32 Å². The van der Waals surface area contributed by atoms with Crippen molar-refractivity contribution >= 4 is 27.3 Å². The number of imidazole rings is 1. The Kier molecular flexibility index (Phi) is 3.96. The number of aromatic nitrogens is 4. The Morgan fingerprint density at radius 2 is 1.79 bits per heavy atom. The molecule has 0 fully saturated rings. The first-order valence-electron chi connectivity index (χ1n) is 7.51. The van der Waals surface area contributed by atoms with Gasteiger partial charge in [-0.15, -0.1) is 0 Å². The second-order valence-electron chi connectivity index (χ2n) is 5.38. The largest absolute Gasteiger partial charge is 0.378 e. The van der Waals surface area contributed by atoms with Crippen LogP contribution in [-0.4, -0.2) is 19.4 Å². The summed E-state index contributed by atoms with van der Waals surface area (Å²) in [5.74, 6) is 0. The van der Waals surface area contributed by atoms with Gasteiger partial charge in [0.05, 0.1) is 11.9 Å². The Labute approximate surface area is 147 Å². The maximum atomic E-state index is 4.49. The number of pyridine rings is 1. The first-order valence-corrected chi connectivity index (χ1v) is 8.30. The second kappa shape index (κ2) is 6.41. The lowest BCUT2D eigenvalue weighted by Crippen LogP contribution is -2.03. The molecule has 1 N–H and O–H groups in total. The molecular weight excluding hydrogens is 366 g/mol. The van der Waals surface area contributed by atoms with E-state index >= 15 is 0 Å². The van der Waals surface area contributed by atoms with E-state index in [9.17, 15) is 0 Å². The van der Waals surface area contributed by atoms with Crippen molar-refractivity contribution < 1.29 is 0 Å². The van der Waals surface area contributed by atoms with Gasteiger partial charge in [0, 0.05) is 36.3 Å². The number of benzene rings is 1. The molecule has 0 aliphatic carbocycles. The minimum Gasteiger partial charge on any atom is -0.378 e. The van der Waals surface area contributed by atoms with Crippen LogP contribution in [0.3, 0.4) is 0 Å². The summed E-state index contributed by atoms with van der Waals surface area (Å²) in [7, 11) is 0. The van der Waals surface area contributed by atoms with Crippen molar-refractivity contribution in [3.63, 3.8) is 0 Å².